The van der Waals surface area contributed by atoms with Gasteiger partial charge < -0.3 is 10.8 Å². The number of benzene rings is 2. The van der Waals surface area contributed by atoms with Crippen LogP contribution in [0.3, 0.4) is 0 Å². The second kappa shape index (κ2) is 7.02. The summed E-state index contributed by atoms with van der Waals surface area (Å²) in [6, 6.07) is 13.0. The smallest absolute Gasteiger partial charge is 0.159 e. The third kappa shape index (κ3) is 4.03. The molecule has 21 heavy (non-hydrogen) atoms. The molecule has 5 heteroatoms. The van der Waals surface area contributed by atoms with E-state index in [0.29, 0.717) is 17.1 Å². The highest BCUT2D eigenvalue weighted by Gasteiger charge is 2.26. The lowest BCUT2D eigenvalue weighted by molar-refractivity contribution is 0.0431. The van der Waals surface area contributed by atoms with Crippen LogP contribution in [0.2, 0.25) is 0 Å². The lowest BCUT2D eigenvalue weighted by atomic mass is 9.91. The molecule has 2 aromatic rings. The molecule has 0 aliphatic rings. The molecule has 112 valence electrons. The molecule has 0 amide bonds. The van der Waals surface area contributed by atoms with Gasteiger partial charge in [-0.25, -0.2) is 8.78 Å². The molecule has 0 saturated carbocycles. The zero-order valence-electron chi connectivity index (χ0n) is 11.4. The maximum atomic E-state index is 13.1. The van der Waals surface area contributed by atoms with Crippen molar-refractivity contribution in [3.05, 3.63) is 65.7 Å². The second-order valence-corrected chi connectivity index (χ2v) is 5.94. The zero-order valence-corrected chi connectivity index (χ0v) is 12.2. The summed E-state index contributed by atoms with van der Waals surface area (Å²) >= 11 is 1.36. The van der Waals surface area contributed by atoms with Crippen LogP contribution in [0.5, 0.6) is 0 Å². The van der Waals surface area contributed by atoms with Crippen molar-refractivity contribution in [2.24, 2.45) is 5.73 Å². The lowest BCUT2D eigenvalue weighted by Crippen LogP contribution is -2.35. The summed E-state index contributed by atoms with van der Waals surface area (Å²) in [6.45, 7) is 0.107. The SMILES string of the molecule is NCC(O)(CCSc1ccc(F)c(F)c1)c1ccccc1. The molecule has 2 aromatic carbocycles. The van der Waals surface area contributed by atoms with E-state index in [2.05, 4.69) is 0 Å². The van der Waals surface area contributed by atoms with Crippen LogP contribution < -0.4 is 5.73 Å². The van der Waals surface area contributed by atoms with Gasteiger partial charge in [-0.15, -0.1) is 11.8 Å². The summed E-state index contributed by atoms with van der Waals surface area (Å²) in [4.78, 5) is 0.626. The number of rotatable bonds is 6. The summed E-state index contributed by atoms with van der Waals surface area (Å²) in [6.07, 6.45) is 0.428. The van der Waals surface area contributed by atoms with Gasteiger partial charge in [0.25, 0.3) is 0 Å². The Morgan fingerprint density at radius 2 is 1.76 bits per heavy atom. The first-order valence-electron chi connectivity index (χ1n) is 6.61. The molecule has 0 heterocycles. The first-order valence-corrected chi connectivity index (χ1v) is 7.59. The van der Waals surface area contributed by atoms with Gasteiger partial charge in [0.1, 0.15) is 5.60 Å². The molecule has 0 spiro atoms. The Morgan fingerprint density at radius 1 is 1.05 bits per heavy atom. The molecule has 0 aliphatic heterocycles. The van der Waals surface area contributed by atoms with Gasteiger partial charge in [0, 0.05) is 17.2 Å². The Hall–Kier alpha value is -1.43. The van der Waals surface area contributed by atoms with Crippen LogP contribution in [0.25, 0.3) is 0 Å². The lowest BCUT2D eigenvalue weighted by Gasteiger charge is -2.27. The van der Waals surface area contributed by atoms with Gasteiger partial charge in [0.15, 0.2) is 11.6 Å². The van der Waals surface area contributed by atoms with Gasteiger partial charge in [-0.3, -0.25) is 0 Å². The van der Waals surface area contributed by atoms with Crippen molar-refractivity contribution in [2.45, 2.75) is 16.9 Å². The van der Waals surface area contributed by atoms with Crippen molar-refractivity contribution in [2.75, 3.05) is 12.3 Å². The quantitative estimate of drug-likeness (QED) is 0.805. The van der Waals surface area contributed by atoms with Gasteiger partial charge in [-0.2, -0.15) is 0 Å². The number of hydrogen-bond donors (Lipinski definition) is 2. The van der Waals surface area contributed by atoms with Gasteiger partial charge in [-0.1, -0.05) is 30.3 Å². The highest BCUT2D eigenvalue weighted by molar-refractivity contribution is 7.99. The zero-order chi connectivity index (χ0) is 15.3. The Bertz CT molecular complexity index is 594. The molecular formula is C16H17F2NOS. The fourth-order valence-electron chi connectivity index (χ4n) is 2.02. The number of aliphatic hydroxyl groups is 1. The minimum atomic E-state index is -1.10. The van der Waals surface area contributed by atoms with E-state index in [0.717, 1.165) is 17.7 Å². The fourth-order valence-corrected chi connectivity index (χ4v) is 3.04. The highest BCUT2D eigenvalue weighted by Crippen LogP contribution is 2.28. The average molecular weight is 309 g/mol. The van der Waals surface area contributed by atoms with Gasteiger partial charge in [0.2, 0.25) is 0 Å². The van der Waals surface area contributed by atoms with Gasteiger partial charge in [0.05, 0.1) is 0 Å². The third-order valence-corrected chi connectivity index (χ3v) is 4.32. The van der Waals surface area contributed by atoms with Crippen LogP contribution in [-0.4, -0.2) is 17.4 Å². The van der Waals surface area contributed by atoms with E-state index < -0.39 is 17.2 Å². The predicted molar refractivity (Wildman–Crippen MR) is 81.1 cm³/mol. The largest absolute Gasteiger partial charge is 0.384 e. The summed E-state index contributed by atoms with van der Waals surface area (Å²) in [7, 11) is 0. The van der Waals surface area contributed by atoms with Crippen molar-refractivity contribution in [3.63, 3.8) is 0 Å². The molecule has 0 radical (unpaired) electrons. The number of hydrogen-bond acceptors (Lipinski definition) is 3. The van der Waals surface area contributed by atoms with Crippen molar-refractivity contribution in [1.29, 1.82) is 0 Å². The molecule has 1 unspecified atom stereocenters. The van der Waals surface area contributed by atoms with Gasteiger partial charge in [-0.05, 0) is 30.2 Å². The Labute approximate surface area is 127 Å². The molecule has 0 aliphatic carbocycles. The van der Waals surface area contributed by atoms with E-state index in [1.165, 1.54) is 17.8 Å². The summed E-state index contributed by atoms with van der Waals surface area (Å²) in [5.41, 5.74) is 5.35. The number of nitrogens with two attached hydrogens (primary N) is 1. The highest BCUT2D eigenvalue weighted by atomic mass is 32.2. The minimum Gasteiger partial charge on any atom is -0.384 e. The molecule has 0 aromatic heterocycles. The molecule has 0 bridgehead atoms. The third-order valence-electron chi connectivity index (χ3n) is 3.32. The van der Waals surface area contributed by atoms with Crippen LogP contribution in [0.1, 0.15) is 12.0 Å². The van der Waals surface area contributed by atoms with E-state index in [9.17, 15) is 13.9 Å². The monoisotopic (exact) mass is 309 g/mol. The fraction of sp³-hybridized carbons (Fsp3) is 0.250. The summed E-state index contributed by atoms with van der Waals surface area (Å²) in [5.74, 6) is -1.17. The Kier molecular flexibility index (Phi) is 5.33. The molecule has 0 saturated heterocycles. The molecule has 0 fully saturated rings. The first kappa shape index (κ1) is 15.9. The van der Waals surface area contributed by atoms with Crippen molar-refractivity contribution >= 4 is 11.8 Å². The van der Waals surface area contributed by atoms with Crippen LogP contribution in [0.4, 0.5) is 8.78 Å². The van der Waals surface area contributed by atoms with Crippen LogP contribution in [-0.2, 0) is 5.60 Å². The molecule has 1 atom stereocenters. The topological polar surface area (TPSA) is 46.2 Å². The van der Waals surface area contributed by atoms with Crippen LogP contribution >= 0.6 is 11.8 Å². The maximum Gasteiger partial charge on any atom is 0.159 e. The second-order valence-electron chi connectivity index (χ2n) is 4.78. The molecular weight excluding hydrogens is 292 g/mol. The maximum absolute atomic E-state index is 13.1. The van der Waals surface area contributed by atoms with E-state index in [1.807, 2.05) is 30.3 Å². The number of thioether (sulfide) groups is 1. The van der Waals surface area contributed by atoms with Crippen molar-refractivity contribution in [3.8, 4) is 0 Å². The molecule has 2 rings (SSSR count). The van der Waals surface area contributed by atoms with Crippen molar-refractivity contribution in [1.82, 2.24) is 0 Å². The van der Waals surface area contributed by atoms with Gasteiger partial charge >= 0.3 is 0 Å². The van der Waals surface area contributed by atoms with E-state index in [-0.39, 0.29) is 6.54 Å². The van der Waals surface area contributed by atoms with E-state index in [4.69, 9.17) is 5.73 Å². The molecule has 3 N–H and O–H groups in total. The van der Waals surface area contributed by atoms with Crippen LogP contribution in [0, 0.1) is 11.6 Å². The Morgan fingerprint density at radius 3 is 2.38 bits per heavy atom. The Balaban J connectivity index is 1.99. The normalized spacial score (nSPS) is 13.9. The standard InChI is InChI=1S/C16H17F2NOS/c17-14-7-6-13(10-15(14)18)21-9-8-16(20,11-19)12-4-2-1-3-5-12/h1-7,10,20H,8-9,11,19H2. The summed E-state index contributed by atoms with van der Waals surface area (Å²) in [5, 5.41) is 10.6. The minimum absolute atomic E-state index is 0.107. The first-order chi connectivity index (χ1) is 10.0. The van der Waals surface area contributed by atoms with E-state index in [1.54, 1.807) is 0 Å². The summed E-state index contributed by atoms with van der Waals surface area (Å²) < 4.78 is 26.0. The number of halogens is 2. The molecule has 2 nitrogen and oxygen atoms in total. The van der Waals surface area contributed by atoms with Crippen LogP contribution in [0.15, 0.2) is 53.4 Å². The average Bonchev–Trinajstić information content (AvgIpc) is 2.51. The van der Waals surface area contributed by atoms with Crippen molar-refractivity contribution < 1.29 is 13.9 Å². The van der Waals surface area contributed by atoms with E-state index >= 15 is 0 Å². The predicted octanol–water partition coefficient (Wildman–Crippen LogP) is 3.29.